The monoisotopic (exact) mass is 278 g/mol. The maximum absolute atomic E-state index is 11.1. The highest BCUT2D eigenvalue weighted by Gasteiger charge is 2.40. The topological polar surface area (TPSA) is 64.8 Å². The van der Waals surface area contributed by atoms with Crippen LogP contribution >= 0.6 is 0 Å². The molecule has 6 heteroatoms. The van der Waals surface area contributed by atoms with Crippen molar-refractivity contribution in [2.24, 2.45) is 0 Å². The zero-order valence-corrected chi connectivity index (χ0v) is 11.3. The molecule has 2 saturated heterocycles. The summed E-state index contributed by atoms with van der Waals surface area (Å²) in [5.41, 5.74) is 0.924. The summed E-state index contributed by atoms with van der Waals surface area (Å²) in [5, 5.41) is 11.1. The van der Waals surface area contributed by atoms with Crippen molar-refractivity contribution in [1.82, 2.24) is 4.90 Å². The summed E-state index contributed by atoms with van der Waals surface area (Å²) >= 11 is 0. The van der Waals surface area contributed by atoms with E-state index in [-0.39, 0.29) is 10.6 Å². The molecule has 2 fully saturated rings. The number of benzene rings is 1. The van der Waals surface area contributed by atoms with E-state index in [0.717, 1.165) is 24.9 Å². The molecule has 1 aromatic rings. The van der Waals surface area contributed by atoms with E-state index in [0.29, 0.717) is 26.3 Å². The lowest BCUT2D eigenvalue weighted by Crippen LogP contribution is -2.48. The van der Waals surface area contributed by atoms with E-state index < -0.39 is 5.79 Å². The molecule has 2 heterocycles. The molecule has 0 radical (unpaired) electrons. The van der Waals surface area contributed by atoms with Gasteiger partial charge in [0, 0.05) is 24.6 Å². The quantitative estimate of drug-likeness (QED) is 0.624. The minimum absolute atomic E-state index is 0.181. The maximum Gasteiger partial charge on any atom is 0.273 e. The highest BCUT2D eigenvalue weighted by molar-refractivity contribution is 5.39. The number of nitrogens with zero attached hydrogens (tertiary/aromatic N) is 2. The summed E-state index contributed by atoms with van der Waals surface area (Å²) in [6.45, 7) is 3.43. The average Bonchev–Trinajstić information content (AvgIpc) is 2.87. The number of ether oxygens (including phenoxy) is 2. The van der Waals surface area contributed by atoms with Crippen LogP contribution in [-0.4, -0.2) is 41.9 Å². The molecule has 2 aliphatic rings. The molecule has 0 atom stereocenters. The Labute approximate surface area is 117 Å². The number of hydrogen-bond donors (Lipinski definition) is 0. The lowest BCUT2D eigenvalue weighted by molar-refractivity contribution is -0.385. The Morgan fingerprint density at radius 2 is 2.05 bits per heavy atom. The molecule has 0 amide bonds. The van der Waals surface area contributed by atoms with E-state index in [1.165, 1.54) is 0 Å². The van der Waals surface area contributed by atoms with Crippen LogP contribution in [0.15, 0.2) is 24.3 Å². The molecule has 1 aromatic carbocycles. The molecule has 0 aliphatic carbocycles. The van der Waals surface area contributed by atoms with Crippen LogP contribution in [0, 0.1) is 10.1 Å². The van der Waals surface area contributed by atoms with E-state index in [9.17, 15) is 10.1 Å². The van der Waals surface area contributed by atoms with Crippen LogP contribution in [0.1, 0.15) is 18.4 Å². The van der Waals surface area contributed by atoms with Gasteiger partial charge in [-0.05, 0) is 13.0 Å². The Kier molecular flexibility index (Phi) is 3.69. The second-order valence-corrected chi connectivity index (χ2v) is 5.31. The van der Waals surface area contributed by atoms with Crippen molar-refractivity contribution in [1.29, 1.82) is 0 Å². The summed E-state index contributed by atoms with van der Waals surface area (Å²) in [7, 11) is 0. The van der Waals surface area contributed by atoms with Gasteiger partial charge in [0.1, 0.15) is 0 Å². The van der Waals surface area contributed by atoms with Crippen LogP contribution in [0.25, 0.3) is 0 Å². The number of nitro benzene ring substituents is 1. The van der Waals surface area contributed by atoms with Crippen LogP contribution in [0.4, 0.5) is 5.69 Å². The van der Waals surface area contributed by atoms with Crippen molar-refractivity contribution in [3.05, 3.63) is 39.9 Å². The molecule has 3 rings (SSSR count). The van der Waals surface area contributed by atoms with Gasteiger partial charge in [-0.1, -0.05) is 18.2 Å². The highest BCUT2D eigenvalue weighted by Crippen LogP contribution is 2.31. The lowest BCUT2D eigenvalue weighted by Gasteiger charge is -2.38. The summed E-state index contributed by atoms with van der Waals surface area (Å²) in [6, 6.07) is 6.90. The molecular weight excluding hydrogens is 260 g/mol. The highest BCUT2D eigenvalue weighted by atomic mass is 16.7. The van der Waals surface area contributed by atoms with Gasteiger partial charge in [0.05, 0.1) is 24.7 Å². The molecule has 1 spiro atoms. The molecule has 0 unspecified atom stereocenters. The first-order valence-corrected chi connectivity index (χ1v) is 6.91. The SMILES string of the molecule is O=[N+]([O-])c1ccccc1CN1CCCC2(C1)OCCO2. The first-order chi connectivity index (χ1) is 9.69. The molecule has 20 heavy (non-hydrogen) atoms. The third-order valence-electron chi connectivity index (χ3n) is 3.89. The van der Waals surface area contributed by atoms with Crippen LogP contribution in [0.2, 0.25) is 0 Å². The van der Waals surface area contributed by atoms with Crippen LogP contribution in [0.5, 0.6) is 0 Å². The lowest BCUT2D eigenvalue weighted by atomic mass is 10.0. The fraction of sp³-hybridized carbons (Fsp3) is 0.571. The third kappa shape index (κ3) is 2.67. The molecule has 0 N–H and O–H groups in total. The summed E-state index contributed by atoms with van der Waals surface area (Å²) in [6.07, 6.45) is 1.89. The number of piperidine rings is 1. The molecule has 0 bridgehead atoms. The van der Waals surface area contributed by atoms with Crippen LogP contribution in [-0.2, 0) is 16.0 Å². The molecular formula is C14H18N2O4. The van der Waals surface area contributed by atoms with E-state index in [1.54, 1.807) is 12.1 Å². The summed E-state index contributed by atoms with van der Waals surface area (Å²) in [5.74, 6) is -0.484. The second kappa shape index (κ2) is 5.47. The van der Waals surface area contributed by atoms with Crippen molar-refractivity contribution in [3.8, 4) is 0 Å². The van der Waals surface area contributed by atoms with Gasteiger partial charge >= 0.3 is 0 Å². The smallest absolute Gasteiger partial charge is 0.273 e. The van der Waals surface area contributed by atoms with Gasteiger partial charge in [0.25, 0.3) is 5.69 Å². The Balaban J connectivity index is 1.73. The van der Waals surface area contributed by atoms with E-state index in [4.69, 9.17) is 9.47 Å². The molecule has 0 saturated carbocycles. The van der Waals surface area contributed by atoms with Gasteiger partial charge in [-0.2, -0.15) is 0 Å². The number of hydrogen-bond acceptors (Lipinski definition) is 5. The van der Waals surface area contributed by atoms with Crippen molar-refractivity contribution in [2.45, 2.75) is 25.2 Å². The Bertz CT molecular complexity index is 500. The molecule has 6 nitrogen and oxygen atoms in total. The number of nitro groups is 1. The fourth-order valence-electron chi connectivity index (χ4n) is 3.00. The Morgan fingerprint density at radius 3 is 2.80 bits per heavy atom. The number of para-hydroxylation sites is 1. The summed E-state index contributed by atoms with van der Waals surface area (Å²) in [4.78, 5) is 12.9. The van der Waals surface area contributed by atoms with Crippen molar-refractivity contribution < 1.29 is 14.4 Å². The predicted molar refractivity (Wildman–Crippen MR) is 72.2 cm³/mol. The van der Waals surface area contributed by atoms with Crippen LogP contribution < -0.4 is 0 Å². The second-order valence-electron chi connectivity index (χ2n) is 5.31. The van der Waals surface area contributed by atoms with Crippen molar-refractivity contribution in [3.63, 3.8) is 0 Å². The summed E-state index contributed by atoms with van der Waals surface area (Å²) < 4.78 is 11.5. The van der Waals surface area contributed by atoms with Gasteiger partial charge in [-0.25, -0.2) is 0 Å². The maximum atomic E-state index is 11.1. The standard InChI is InChI=1S/C14H18N2O4/c17-16(18)13-5-2-1-4-12(13)10-15-7-3-6-14(11-15)19-8-9-20-14/h1-2,4-5H,3,6-11H2. The average molecular weight is 278 g/mol. The van der Waals surface area contributed by atoms with Crippen LogP contribution in [0.3, 0.4) is 0 Å². The largest absolute Gasteiger partial charge is 0.346 e. The predicted octanol–water partition coefficient (Wildman–Crippen LogP) is 1.93. The Hall–Kier alpha value is -1.50. The fourth-order valence-corrected chi connectivity index (χ4v) is 3.00. The van der Waals surface area contributed by atoms with E-state index >= 15 is 0 Å². The first-order valence-electron chi connectivity index (χ1n) is 6.91. The molecule has 108 valence electrons. The zero-order valence-electron chi connectivity index (χ0n) is 11.3. The van der Waals surface area contributed by atoms with Gasteiger partial charge in [0.2, 0.25) is 0 Å². The van der Waals surface area contributed by atoms with Crippen molar-refractivity contribution >= 4 is 5.69 Å². The van der Waals surface area contributed by atoms with Gasteiger partial charge in [-0.3, -0.25) is 15.0 Å². The normalized spacial score (nSPS) is 22.2. The number of likely N-dealkylation sites (tertiary alicyclic amines) is 1. The zero-order chi connectivity index (χ0) is 14.0. The van der Waals surface area contributed by atoms with E-state index in [2.05, 4.69) is 4.90 Å². The third-order valence-corrected chi connectivity index (χ3v) is 3.89. The molecule has 0 aromatic heterocycles. The number of rotatable bonds is 3. The van der Waals surface area contributed by atoms with E-state index in [1.807, 2.05) is 12.1 Å². The molecule has 2 aliphatic heterocycles. The Morgan fingerprint density at radius 1 is 1.30 bits per heavy atom. The minimum atomic E-state index is -0.484. The first kappa shape index (κ1) is 13.5. The van der Waals surface area contributed by atoms with Gasteiger partial charge < -0.3 is 9.47 Å². The van der Waals surface area contributed by atoms with Gasteiger partial charge in [-0.15, -0.1) is 0 Å². The van der Waals surface area contributed by atoms with Crippen molar-refractivity contribution in [2.75, 3.05) is 26.3 Å². The minimum Gasteiger partial charge on any atom is -0.346 e. The van der Waals surface area contributed by atoms with Gasteiger partial charge in [0.15, 0.2) is 5.79 Å².